The van der Waals surface area contributed by atoms with Crippen molar-refractivity contribution in [1.82, 2.24) is 19.6 Å². The topological polar surface area (TPSA) is 30.0 Å². The summed E-state index contributed by atoms with van der Waals surface area (Å²) in [7, 11) is 0. The molecule has 0 N–H and O–H groups in total. The summed E-state index contributed by atoms with van der Waals surface area (Å²) in [4.78, 5) is 22.4. The molecule has 28 heavy (non-hydrogen) atoms. The van der Waals surface area contributed by atoms with Gasteiger partial charge in [0.1, 0.15) is 0 Å². The number of piperazine rings is 2. The van der Waals surface area contributed by atoms with Crippen LogP contribution in [0.25, 0.3) is 0 Å². The summed E-state index contributed by atoms with van der Waals surface area (Å²) in [6.45, 7) is 11.9. The van der Waals surface area contributed by atoms with E-state index in [1.165, 1.54) is 36.8 Å². The fraction of sp³-hybridized carbons (Fsp3) is 0.696. The van der Waals surface area contributed by atoms with Gasteiger partial charge in [0.15, 0.2) is 0 Å². The molecule has 2 heterocycles. The van der Waals surface area contributed by atoms with Crippen LogP contribution in [-0.2, 0) is 11.3 Å². The molecule has 0 bridgehead atoms. The van der Waals surface area contributed by atoms with Gasteiger partial charge in [0.05, 0.1) is 6.54 Å². The Labute approximate surface area is 170 Å². The van der Waals surface area contributed by atoms with Crippen LogP contribution in [0.3, 0.4) is 0 Å². The van der Waals surface area contributed by atoms with E-state index < -0.39 is 0 Å². The lowest BCUT2D eigenvalue weighted by atomic mass is 10.1. The van der Waals surface area contributed by atoms with Crippen LogP contribution in [0.2, 0.25) is 0 Å². The standard InChI is InChI=1S/C23H36N4O/c1-20-6-2-3-7-21(20)18-24-12-16-27(17-13-24)23(28)19-25-10-14-26(15-11-25)22-8-4-5-9-22/h2-3,6-7,22H,4-5,8-19H2,1H3. The molecule has 3 aliphatic rings. The van der Waals surface area contributed by atoms with Crippen LogP contribution in [0.5, 0.6) is 0 Å². The van der Waals surface area contributed by atoms with Gasteiger partial charge in [-0.2, -0.15) is 0 Å². The first-order chi connectivity index (χ1) is 13.7. The number of nitrogens with zero attached hydrogens (tertiary/aromatic N) is 4. The average Bonchev–Trinajstić information content (AvgIpc) is 3.26. The van der Waals surface area contributed by atoms with Crippen LogP contribution < -0.4 is 0 Å². The summed E-state index contributed by atoms with van der Waals surface area (Å²) in [6, 6.07) is 9.44. The monoisotopic (exact) mass is 384 g/mol. The van der Waals surface area contributed by atoms with Gasteiger partial charge in [-0.1, -0.05) is 37.1 Å². The highest BCUT2D eigenvalue weighted by Gasteiger charge is 2.28. The lowest BCUT2D eigenvalue weighted by molar-refractivity contribution is -0.134. The maximum Gasteiger partial charge on any atom is 0.236 e. The van der Waals surface area contributed by atoms with E-state index in [1.54, 1.807) is 0 Å². The lowest BCUT2D eigenvalue weighted by Crippen LogP contribution is -2.54. The third-order valence-corrected chi connectivity index (χ3v) is 6.99. The van der Waals surface area contributed by atoms with Crippen molar-refractivity contribution in [2.24, 2.45) is 0 Å². The second kappa shape index (κ2) is 9.38. The van der Waals surface area contributed by atoms with Crippen molar-refractivity contribution in [1.29, 1.82) is 0 Å². The molecule has 5 heteroatoms. The van der Waals surface area contributed by atoms with Crippen molar-refractivity contribution in [2.75, 3.05) is 58.9 Å². The Balaban J connectivity index is 1.18. The largest absolute Gasteiger partial charge is 0.339 e. The van der Waals surface area contributed by atoms with Gasteiger partial charge in [-0.3, -0.25) is 19.5 Å². The molecule has 1 aliphatic carbocycles. The number of hydrogen-bond acceptors (Lipinski definition) is 4. The Kier molecular flexibility index (Phi) is 6.65. The molecular formula is C23H36N4O. The molecule has 154 valence electrons. The molecule has 0 spiro atoms. The number of amides is 1. The summed E-state index contributed by atoms with van der Waals surface area (Å²) in [5.41, 5.74) is 2.76. The number of carbonyl (C=O) groups excluding carboxylic acids is 1. The molecule has 2 saturated heterocycles. The molecule has 1 amide bonds. The first-order valence-electron chi connectivity index (χ1n) is 11.2. The highest BCUT2D eigenvalue weighted by molar-refractivity contribution is 5.78. The van der Waals surface area contributed by atoms with E-state index in [-0.39, 0.29) is 0 Å². The van der Waals surface area contributed by atoms with Gasteiger partial charge in [-0.25, -0.2) is 0 Å². The lowest BCUT2D eigenvalue weighted by Gasteiger charge is -2.39. The van der Waals surface area contributed by atoms with Crippen LogP contribution in [0.1, 0.15) is 36.8 Å². The first kappa shape index (κ1) is 19.9. The third kappa shape index (κ3) is 4.94. The van der Waals surface area contributed by atoms with E-state index in [9.17, 15) is 4.79 Å². The van der Waals surface area contributed by atoms with Crippen molar-refractivity contribution in [2.45, 2.75) is 45.2 Å². The maximum absolute atomic E-state index is 12.8. The minimum Gasteiger partial charge on any atom is -0.339 e. The van der Waals surface area contributed by atoms with E-state index in [1.807, 2.05) is 0 Å². The SMILES string of the molecule is Cc1ccccc1CN1CCN(C(=O)CN2CCN(C3CCCC3)CC2)CC1. The molecule has 3 fully saturated rings. The molecule has 0 aromatic heterocycles. The van der Waals surface area contributed by atoms with Gasteiger partial charge >= 0.3 is 0 Å². The maximum atomic E-state index is 12.8. The number of carbonyl (C=O) groups is 1. The summed E-state index contributed by atoms with van der Waals surface area (Å²) < 4.78 is 0. The Morgan fingerprint density at radius 3 is 2.21 bits per heavy atom. The van der Waals surface area contributed by atoms with E-state index in [0.717, 1.165) is 64.9 Å². The Hall–Kier alpha value is -1.43. The Morgan fingerprint density at radius 2 is 1.54 bits per heavy atom. The third-order valence-electron chi connectivity index (χ3n) is 6.99. The van der Waals surface area contributed by atoms with Crippen molar-refractivity contribution in [3.63, 3.8) is 0 Å². The van der Waals surface area contributed by atoms with E-state index in [0.29, 0.717) is 12.5 Å². The van der Waals surface area contributed by atoms with E-state index >= 15 is 0 Å². The number of aryl methyl sites for hydroxylation is 1. The zero-order valence-corrected chi connectivity index (χ0v) is 17.5. The Bertz CT molecular complexity index is 642. The molecular weight excluding hydrogens is 348 g/mol. The summed E-state index contributed by atoms with van der Waals surface area (Å²) >= 11 is 0. The zero-order chi connectivity index (χ0) is 19.3. The summed E-state index contributed by atoms with van der Waals surface area (Å²) in [5, 5.41) is 0. The predicted octanol–water partition coefficient (Wildman–Crippen LogP) is 2.20. The quantitative estimate of drug-likeness (QED) is 0.779. The molecule has 1 aromatic rings. The van der Waals surface area contributed by atoms with Gasteiger partial charge in [-0.05, 0) is 30.9 Å². The molecule has 4 rings (SSSR count). The van der Waals surface area contributed by atoms with Crippen LogP contribution in [0, 0.1) is 6.92 Å². The Morgan fingerprint density at radius 1 is 0.893 bits per heavy atom. The number of hydrogen-bond donors (Lipinski definition) is 0. The van der Waals surface area contributed by atoms with E-state index in [2.05, 4.69) is 50.8 Å². The van der Waals surface area contributed by atoms with Crippen LogP contribution in [0.15, 0.2) is 24.3 Å². The fourth-order valence-corrected chi connectivity index (χ4v) is 5.03. The second-order valence-corrected chi connectivity index (χ2v) is 8.83. The van der Waals surface area contributed by atoms with Crippen molar-refractivity contribution in [3.8, 4) is 0 Å². The second-order valence-electron chi connectivity index (χ2n) is 8.83. The van der Waals surface area contributed by atoms with Crippen LogP contribution >= 0.6 is 0 Å². The fourth-order valence-electron chi connectivity index (χ4n) is 5.03. The summed E-state index contributed by atoms with van der Waals surface area (Å²) in [6.07, 6.45) is 5.57. The number of rotatable bonds is 5. The molecule has 5 nitrogen and oxygen atoms in total. The van der Waals surface area contributed by atoms with Crippen LogP contribution in [-0.4, -0.2) is 90.5 Å². The minimum atomic E-state index is 0.324. The van der Waals surface area contributed by atoms with Gasteiger partial charge < -0.3 is 4.90 Å². The van der Waals surface area contributed by atoms with Gasteiger partial charge in [-0.15, -0.1) is 0 Å². The zero-order valence-electron chi connectivity index (χ0n) is 17.5. The molecule has 1 saturated carbocycles. The molecule has 1 aromatic carbocycles. The molecule has 0 unspecified atom stereocenters. The highest BCUT2D eigenvalue weighted by Crippen LogP contribution is 2.24. The molecule has 0 atom stereocenters. The normalized spacial score (nSPS) is 23.4. The van der Waals surface area contributed by atoms with Crippen molar-refractivity contribution < 1.29 is 4.79 Å². The van der Waals surface area contributed by atoms with Gasteiger partial charge in [0, 0.05) is 64.9 Å². The van der Waals surface area contributed by atoms with Crippen LogP contribution in [0.4, 0.5) is 0 Å². The van der Waals surface area contributed by atoms with Gasteiger partial charge in [0.2, 0.25) is 5.91 Å². The first-order valence-corrected chi connectivity index (χ1v) is 11.2. The van der Waals surface area contributed by atoms with Crippen molar-refractivity contribution in [3.05, 3.63) is 35.4 Å². The highest BCUT2D eigenvalue weighted by atomic mass is 16.2. The number of benzene rings is 1. The van der Waals surface area contributed by atoms with E-state index in [4.69, 9.17) is 0 Å². The van der Waals surface area contributed by atoms with Crippen molar-refractivity contribution >= 4 is 5.91 Å². The molecule has 0 radical (unpaired) electrons. The average molecular weight is 385 g/mol. The molecule has 2 aliphatic heterocycles. The minimum absolute atomic E-state index is 0.324. The van der Waals surface area contributed by atoms with Gasteiger partial charge in [0.25, 0.3) is 0 Å². The smallest absolute Gasteiger partial charge is 0.236 e. The summed E-state index contributed by atoms with van der Waals surface area (Å²) in [5.74, 6) is 0.324. The predicted molar refractivity (Wildman–Crippen MR) is 113 cm³/mol.